The predicted octanol–water partition coefficient (Wildman–Crippen LogP) is 3.71. The van der Waals surface area contributed by atoms with E-state index in [1.54, 1.807) is 20.1 Å². The molecule has 7 heteroatoms. The second kappa shape index (κ2) is 9.32. The molecule has 2 aromatic carbocycles. The van der Waals surface area contributed by atoms with Crippen LogP contribution < -0.4 is 20.3 Å². The van der Waals surface area contributed by atoms with E-state index in [2.05, 4.69) is 15.5 Å². The van der Waals surface area contributed by atoms with Crippen molar-refractivity contribution in [1.82, 2.24) is 4.90 Å². The Kier molecular flexibility index (Phi) is 6.59. The minimum atomic E-state index is -0.133. The minimum Gasteiger partial charge on any atom is -0.495 e. The van der Waals surface area contributed by atoms with Crippen LogP contribution in [0.1, 0.15) is 18.9 Å². The topological polar surface area (TPSA) is 73.9 Å². The molecule has 1 saturated heterocycles. The number of hydrogen-bond acceptors (Lipinski definition) is 4. The lowest BCUT2D eigenvalue weighted by Crippen LogP contribution is -2.50. The smallest absolute Gasteiger partial charge is 0.321 e. The molecule has 1 aliphatic rings. The SMILES string of the molecule is CCC(=O)Nc1ccc(C)c(NC(=O)N2CCN(c3ccccc3OC)CC2)c1. The summed E-state index contributed by atoms with van der Waals surface area (Å²) in [5.74, 6) is 0.783. The van der Waals surface area contributed by atoms with Gasteiger partial charge in [-0.3, -0.25) is 4.79 Å². The number of aryl methyl sites for hydroxylation is 1. The van der Waals surface area contributed by atoms with E-state index in [1.807, 2.05) is 48.2 Å². The highest BCUT2D eigenvalue weighted by Gasteiger charge is 2.23. The molecule has 0 bridgehead atoms. The number of nitrogens with one attached hydrogen (secondary N) is 2. The molecular weight excluding hydrogens is 368 g/mol. The highest BCUT2D eigenvalue weighted by Crippen LogP contribution is 2.28. The Labute approximate surface area is 171 Å². The van der Waals surface area contributed by atoms with E-state index < -0.39 is 0 Å². The van der Waals surface area contributed by atoms with Gasteiger partial charge in [0.25, 0.3) is 0 Å². The summed E-state index contributed by atoms with van der Waals surface area (Å²) in [6.45, 7) is 6.45. The van der Waals surface area contributed by atoms with Crippen molar-refractivity contribution in [3.05, 3.63) is 48.0 Å². The molecule has 1 fully saturated rings. The quantitative estimate of drug-likeness (QED) is 0.808. The van der Waals surface area contributed by atoms with Crippen LogP contribution in [0.2, 0.25) is 0 Å². The number of benzene rings is 2. The van der Waals surface area contributed by atoms with Crippen LogP contribution in [-0.4, -0.2) is 50.1 Å². The van der Waals surface area contributed by atoms with E-state index in [0.29, 0.717) is 30.9 Å². The number of amides is 3. The molecule has 0 saturated carbocycles. The number of piperazine rings is 1. The predicted molar refractivity (Wildman–Crippen MR) is 116 cm³/mol. The summed E-state index contributed by atoms with van der Waals surface area (Å²) >= 11 is 0. The van der Waals surface area contributed by atoms with Gasteiger partial charge in [0.15, 0.2) is 0 Å². The van der Waals surface area contributed by atoms with Crippen molar-refractivity contribution >= 4 is 29.0 Å². The normalized spacial score (nSPS) is 13.8. The number of nitrogens with zero attached hydrogens (tertiary/aromatic N) is 2. The first-order valence-electron chi connectivity index (χ1n) is 9.86. The second-order valence-corrected chi connectivity index (χ2v) is 7.01. The second-order valence-electron chi connectivity index (χ2n) is 7.01. The van der Waals surface area contributed by atoms with E-state index in [9.17, 15) is 9.59 Å². The molecular formula is C22H28N4O3. The van der Waals surface area contributed by atoms with Gasteiger partial charge in [-0.2, -0.15) is 0 Å². The van der Waals surface area contributed by atoms with Crippen molar-refractivity contribution in [2.75, 3.05) is 48.8 Å². The van der Waals surface area contributed by atoms with Crippen molar-refractivity contribution in [1.29, 1.82) is 0 Å². The van der Waals surface area contributed by atoms with Gasteiger partial charge in [0.2, 0.25) is 5.91 Å². The van der Waals surface area contributed by atoms with Crippen molar-refractivity contribution in [3.8, 4) is 5.75 Å². The number of methoxy groups -OCH3 is 1. The third-order valence-electron chi connectivity index (χ3n) is 5.08. The Balaban J connectivity index is 1.61. The lowest BCUT2D eigenvalue weighted by atomic mass is 10.1. The first kappa shape index (κ1) is 20.5. The number of carbonyl (C=O) groups is 2. The molecule has 7 nitrogen and oxygen atoms in total. The summed E-state index contributed by atoms with van der Waals surface area (Å²) in [7, 11) is 1.67. The van der Waals surface area contributed by atoms with Crippen LogP contribution in [0.15, 0.2) is 42.5 Å². The Morgan fingerprint density at radius 2 is 1.76 bits per heavy atom. The zero-order chi connectivity index (χ0) is 20.8. The fraction of sp³-hybridized carbons (Fsp3) is 0.364. The van der Waals surface area contributed by atoms with Crippen molar-refractivity contribution in [2.24, 2.45) is 0 Å². The summed E-state index contributed by atoms with van der Waals surface area (Å²) in [5.41, 5.74) is 3.38. The summed E-state index contributed by atoms with van der Waals surface area (Å²) in [5, 5.41) is 5.81. The van der Waals surface area contributed by atoms with Gasteiger partial charge in [-0.25, -0.2) is 4.79 Å². The highest BCUT2D eigenvalue weighted by atomic mass is 16.5. The van der Waals surface area contributed by atoms with Gasteiger partial charge in [-0.1, -0.05) is 25.1 Å². The molecule has 3 amide bonds. The molecule has 2 N–H and O–H groups in total. The molecule has 0 aromatic heterocycles. The van der Waals surface area contributed by atoms with E-state index >= 15 is 0 Å². The fourth-order valence-electron chi connectivity index (χ4n) is 3.32. The van der Waals surface area contributed by atoms with Crippen LogP contribution in [0.5, 0.6) is 5.75 Å². The Morgan fingerprint density at radius 1 is 1.03 bits per heavy atom. The maximum absolute atomic E-state index is 12.8. The third-order valence-corrected chi connectivity index (χ3v) is 5.08. The lowest BCUT2D eigenvalue weighted by molar-refractivity contribution is -0.115. The van der Waals surface area contributed by atoms with E-state index in [0.717, 1.165) is 30.1 Å². The summed E-state index contributed by atoms with van der Waals surface area (Å²) < 4.78 is 5.45. The van der Waals surface area contributed by atoms with Gasteiger partial charge in [-0.15, -0.1) is 0 Å². The third kappa shape index (κ3) is 4.99. The summed E-state index contributed by atoms with van der Waals surface area (Å²) in [6, 6.07) is 13.3. The number of anilines is 3. The van der Waals surface area contributed by atoms with Crippen molar-refractivity contribution in [3.63, 3.8) is 0 Å². The van der Waals surface area contributed by atoms with E-state index in [4.69, 9.17) is 4.74 Å². The van der Waals surface area contributed by atoms with Crippen LogP contribution in [-0.2, 0) is 4.79 Å². The minimum absolute atomic E-state index is 0.0569. The fourth-order valence-corrected chi connectivity index (χ4v) is 3.32. The average molecular weight is 396 g/mol. The van der Waals surface area contributed by atoms with E-state index in [1.165, 1.54) is 0 Å². The molecule has 1 aliphatic heterocycles. The van der Waals surface area contributed by atoms with Crippen LogP contribution in [0.3, 0.4) is 0 Å². The molecule has 0 radical (unpaired) electrons. The van der Waals surface area contributed by atoms with Gasteiger partial charge in [-0.05, 0) is 36.8 Å². The first-order valence-corrected chi connectivity index (χ1v) is 9.86. The average Bonchev–Trinajstić information content (AvgIpc) is 2.76. The molecule has 154 valence electrons. The molecule has 0 spiro atoms. The van der Waals surface area contributed by atoms with Crippen LogP contribution in [0, 0.1) is 6.92 Å². The van der Waals surface area contributed by atoms with Gasteiger partial charge < -0.3 is 25.2 Å². The number of rotatable bonds is 5. The molecule has 29 heavy (non-hydrogen) atoms. The van der Waals surface area contributed by atoms with Crippen LogP contribution in [0.4, 0.5) is 21.9 Å². The summed E-state index contributed by atoms with van der Waals surface area (Å²) in [6.07, 6.45) is 0.409. The number of ether oxygens (including phenoxy) is 1. The van der Waals surface area contributed by atoms with Gasteiger partial charge >= 0.3 is 6.03 Å². The molecule has 2 aromatic rings. The molecule has 1 heterocycles. The van der Waals surface area contributed by atoms with Crippen molar-refractivity contribution in [2.45, 2.75) is 20.3 Å². The van der Waals surface area contributed by atoms with Gasteiger partial charge in [0, 0.05) is 44.0 Å². The molecule has 0 aliphatic carbocycles. The zero-order valence-corrected chi connectivity index (χ0v) is 17.2. The standard InChI is InChI=1S/C22H28N4O3/c1-4-21(27)23-17-10-9-16(2)18(15-17)24-22(28)26-13-11-25(12-14-26)19-7-5-6-8-20(19)29-3/h5-10,15H,4,11-14H2,1-3H3,(H,23,27)(H,24,28). The largest absolute Gasteiger partial charge is 0.495 e. The zero-order valence-electron chi connectivity index (χ0n) is 17.2. The van der Waals surface area contributed by atoms with Gasteiger partial charge in [0.05, 0.1) is 12.8 Å². The van der Waals surface area contributed by atoms with E-state index in [-0.39, 0.29) is 11.9 Å². The number of urea groups is 1. The van der Waals surface area contributed by atoms with Gasteiger partial charge in [0.1, 0.15) is 5.75 Å². The Bertz CT molecular complexity index is 876. The molecule has 0 unspecified atom stereocenters. The maximum Gasteiger partial charge on any atom is 0.321 e. The number of para-hydroxylation sites is 2. The number of hydrogen-bond donors (Lipinski definition) is 2. The lowest BCUT2D eigenvalue weighted by Gasteiger charge is -2.36. The first-order chi connectivity index (χ1) is 14.0. The Hall–Kier alpha value is -3.22. The number of carbonyl (C=O) groups excluding carboxylic acids is 2. The molecule has 0 atom stereocenters. The monoisotopic (exact) mass is 396 g/mol. The highest BCUT2D eigenvalue weighted by molar-refractivity contribution is 5.94. The maximum atomic E-state index is 12.8. The Morgan fingerprint density at radius 3 is 2.45 bits per heavy atom. The molecule has 3 rings (SSSR count). The van der Waals surface area contributed by atoms with Crippen LogP contribution >= 0.6 is 0 Å². The summed E-state index contributed by atoms with van der Waals surface area (Å²) in [4.78, 5) is 28.4. The van der Waals surface area contributed by atoms with Crippen molar-refractivity contribution < 1.29 is 14.3 Å². The van der Waals surface area contributed by atoms with Crippen LogP contribution in [0.25, 0.3) is 0 Å².